The molecule has 0 aromatic heterocycles. The number of anilines is 1. The van der Waals surface area contributed by atoms with Crippen LogP contribution in [0.15, 0.2) is 36.2 Å². The van der Waals surface area contributed by atoms with Gasteiger partial charge in [0, 0.05) is 18.5 Å². The predicted octanol–water partition coefficient (Wildman–Crippen LogP) is 1.92. The number of ether oxygens (including phenoxy) is 2. The predicted molar refractivity (Wildman–Crippen MR) is 86.1 cm³/mol. The zero-order valence-corrected chi connectivity index (χ0v) is 13.2. The summed E-state index contributed by atoms with van der Waals surface area (Å²) in [6.45, 7) is 2.92. The molecule has 1 unspecified atom stereocenters. The van der Waals surface area contributed by atoms with E-state index in [0.717, 1.165) is 38.2 Å². The molecule has 4 aliphatic rings. The number of benzene rings is 1. The molecule has 2 N–H and O–H groups in total. The third-order valence-electron chi connectivity index (χ3n) is 5.19. The molecule has 122 valence electrons. The van der Waals surface area contributed by atoms with Gasteiger partial charge in [-0.3, -0.25) is 4.90 Å². The largest absolute Gasteiger partial charge is 0.497 e. The summed E-state index contributed by atoms with van der Waals surface area (Å²) in [7, 11) is 1.61. The van der Waals surface area contributed by atoms with Crippen LogP contribution in [0.4, 0.5) is 10.5 Å². The van der Waals surface area contributed by atoms with Gasteiger partial charge in [-0.1, -0.05) is 0 Å². The van der Waals surface area contributed by atoms with Gasteiger partial charge in [-0.05, 0) is 50.2 Å². The molecular weight excluding hydrogens is 294 g/mol. The van der Waals surface area contributed by atoms with Crippen LogP contribution >= 0.6 is 0 Å². The molecule has 1 spiro atoms. The molecule has 0 radical (unpaired) electrons. The SMILES string of the molecule is COc1ccc(N2C(=O)OC3(C=C2N)CN2CCC3CC2)cc1. The van der Waals surface area contributed by atoms with Gasteiger partial charge in [0.1, 0.15) is 11.6 Å². The number of carbonyl (C=O) groups is 1. The average molecular weight is 315 g/mol. The standard InChI is InChI=1S/C17H21N3O3/c1-22-14-4-2-13(3-5-14)20-15(18)10-17(23-16(20)21)11-19-8-6-12(17)7-9-19/h2-5,10,12H,6-9,11,18H2,1H3. The van der Waals surface area contributed by atoms with E-state index in [4.69, 9.17) is 15.2 Å². The number of methoxy groups -OCH3 is 1. The highest BCUT2D eigenvalue weighted by Gasteiger charge is 2.51. The fourth-order valence-electron chi connectivity index (χ4n) is 3.98. The van der Waals surface area contributed by atoms with Crippen molar-refractivity contribution < 1.29 is 14.3 Å². The van der Waals surface area contributed by atoms with Crippen LogP contribution in [-0.4, -0.2) is 43.3 Å². The normalized spacial score (nSPS) is 32.7. The molecule has 4 heterocycles. The van der Waals surface area contributed by atoms with E-state index in [9.17, 15) is 4.79 Å². The number of hydrogen-bond donors (Lipinski definition) is 1. The van der Waals surface area contributed by atoms with E-state index in [2.05, 4.69) is 4.90 Å². The van der Waals surface area contributed by atoms with Crippen molar-refractivity contribution in [1.29, 1.82) is 0 Å². The summed E-state index contributed by atoms with van der Waals surface area (Å²) in [6, 6.07) is 7.20. The van der Waals surface area contributed by atoms with E-state index in [-0.39, 0.29) is 0 Å². The molecule has 1 aromatic carbocycles. The Balaban J connectivity index is 1.66. The van der Waals surface area contributed by atoms with Gasteiger partial charge in [-0.15, -0.1) is 0 Å². The van der Waals surface area contributed by atoms with Gasteiger partial charge in [0.2, 0.25) is 0 Å². The lowest BCUT2D eigenvalue weighted by atomic mass is 9.74. The second-order valence-electron chi connectivity index (χ2n) is 6.48. The fraction of sp³-hybridized carbons (Fsp3) is 0.471. The van der Waals surface area contributed by atoms with Crippen molar-refractivity contribution in [1.82, 2.24) is 4.90 Å². The van der Waals surface area contributed by atoms with Crippen LogP contribution in [0.2, 0.25) is 0 Å². The number of nitrogens with zero attached hydrogens (tertiary/aromatic N) is 2. The van der Waals surface area contributed by atoms with Gasteiger partial charge in [-0.25, -0.2) is 9.69 Å². The van der Waals surface area contributed by atoms with Crippen LogP contribution in [0.25, 0.3) is 0 Å². The number of nitrogens with two attached hydrogens (primary N) is 1. The van der Waals surface area contributed by atoms with Gasteiger partial charge in [-0.2, -0.15) is 0 Å². The number of carbonyl (C=O) groups excluding carboxylic acids is 1. The zero-order chi connectivity index (χ0) is 16.0. The van der Waals surface area contributed by atoms with Crippen molar-refractivity contribution in [3.05, 3.63) is 36.2 Å². The van der Waals surface area contributed by atoms with Gasteiger partial charge in [0.15, 0.2) is 5.60 Å². The molecule has 5 rings (SSSR count). The summed E-state index contributed by atoms with van der Waals surface area (Å²) in [5.41, 5.74) is 6.37. The Bertz CT molecular complexity index is 650. The summed E-state index contributed by atoms with van der Waals surface area (Å²) in [4.78, 5) is 16.4. The Morgan fingerprint density at radius 3 is 2.48 bits per heavy atom. The first-order valence-corrected chi connectivity index (χ1v) is 7.99. The Labute approximate surface area is 135 Å². The third kappa shape index (κ3) is 2.25. The Morgan fingerprint density at radius 2 is 1.96 bits per heavy atom. The van der Waals surface area contributed by atoms with E-state index < -0.39 is 11.7 Å². The number of amides is 1. The molecule has 1 amide bonds. The second kappa shape index (κ2) is 5.16. The Morgan fingerprint density at radius 1 is 1.26 bits per heavy atom. The van der Waals surface area contributed by atoms with E-state index in [1.165, 1.54) is 4.90 Å². The molecule has 6 heteroatoms. The zero-order valence-electron chi connectivity index (χ0n) is 13.2. The molecular formula is C17H21N3O3. The van der Waals surface area contributed by atoms with Crippen LogP contribution in [0.5, 0.6) is 5.75 Å². The van der Waals surface area contributed by atoms with Gasteiger partial charge in [0.25, 0.3) is 0 Å². The summed E-state index contributed by atoms with van der Waals surface area (Å²) in [5.74, 6) is 1.55. The summed E-state index contributed by atoms with van der Waals surface area (Å²) in [6.07, 6.45) is 3.65. The van der Waals surface area contributed by atoms with Crippen LogP contribution in [0, 0.1) is 5.92 Å². The minimum absolute atomic E-state index is 0.369. The lowest BCUT2D eigenvalue weighted by Crippen LogP contribution is -2.63. The van der Waals surface area contributed by atoms with Crippen molar-refractivity contribution >= 4 is 11.8 Å². The highest BCUT2D eigenvalue weighted by Crippen LogP contribution is 2.42. The minimum atomic E-state index is -0.555. The highest BCUT2D eigenvalue weighted by atomic mass is 16.6. The molecule has 23 heavy (non-hydrogen) atoms. The molecule has 6 nitrogen and oxygen atoms in total. The molecule has 2 bridgehead atoms. The summed E-state index contributed by atoms with van der Waals surface area (Å²) in [5, 5.41) is 0. The number of rotatable bonds is 2. The Hall–Kier alpha value is -2.21. The smallest absolute Gasteiger partial charge is 0.421 e. The number of fused-ring (bicyclic) bond motifs is 2. The van der Waals surface area contributed by atoms with E-state index >= 15 is 0 Å². The minimum Gasteiger partial charge on any atom is -0.497 e. The lowest BCUT2D eigenvalue weighted by molar-refractivity contribution is -0.0860. The number of piperidine rings is 3. The Kier molecular flexibility index (Phi) is 3.23. The first-order valence-electron chi connectivity index (χ1n) is 7.99. The van der Waals surface area contributed by atoms with Crippen molar-refractivity contribution in [2.45, 2.75) is 18.4 Å². The van der Waals surface area contributed by atoms with Gasteiger partial charge < -0.3 is 15.2 Å². The van der Waals surface area contributed by atoms with Crippen LogP contribution in [-0.2, 0) is 4.74 Å². The maximum atomic E-state index is 12.6. The molecule has 0 saturated carbocycles. The molecule has 3 saturated heterocycles. The lowest BCUT2D eigenvalue weighted by Gasteiger charge is -2.52. The maximum absolute atomic E-state index is 12.6. The van der Waals surface area contributed by atoms with Crippen molar-refractivity contribution in [2.24, 2.45) is 11.7 Å². The molecule has 3 fully saturated rings. The first-order chi connectivity index (χ1) is 11.1. The number of hydrogen-bond acceptors (Lipinski definition) is 5. The topological polar surface area (TPSA) is 68.0 Å². The average Bonchev–Trinajstić information content (AvgIpc) is 2.55. The van der Waals surface area contributed by atoms with Crippen LogP contribution < -0.4 is 15.4 Å². The summed E-state index contributed by atoms with van der Waals surface area (Å²) < 4.78 is 11.0. The van der Waals surface area contributed by atoms with E-state index in [0.29, 0.717) is 17.4 Å². The molecule has 1 atom stereocenters. The monoisotopic (exact) mass is 315 g/mol. The molecule has 0 aliphatic carbocycles. The van der Waals surface area contributed by atoms with Gasteiger partial charge >= 0.3 is 6.09 Å². The summed E-state index contributed by atoms with van der Waals surface area (Å²) >= 11 is 0. The van der Waals surface area contributed by atoms with Gasteiger partial charge in [0.05, 0.1) is 12.8 Å². The van der Waals surface area contributed by atoms with Crippen molar-refractivity contribution in [3.63, 3.8) is 0 Å². The van der Waals surface area contributed by atoms with E-state index in [1.807, 2.05) is 6.08 Å². The van der Waals surface area contributed by atoms with Crippen molar-refractivity contribution in [2.75, 3.05) is 31.6 Å². The maximum Gasteiger partial charge on any atom is 0.421 e. The fourth-order valence-corrected chi connectivity index (χ4v) is 3.98. The van der Waals surface area contributed by atoms with Crippen LogP contribution in [0.3, 0.4) is 0 Å². The third-order valence-corrected chi connectivity index (χ3v) is 5.19. The van der Waals surface area contributed by atoms with E-state index in [1.54, 1.807) is 31.4 Å². The molecule has 4 aliphatic heterocycles. The first kappa shape index (κ1) is 14.4. The second-order valence-corrected chi connectivity index (χ2v) is 6.48. The quantitative estimate of drug-likeness (QED) is 0.903. The molecule has 1 aromatic rings. The van der Waals surface area contributed by atoms with Crippen molar-refractivity contribution in [3.8, 4) is 5.75 Å². The van der Waals surface area contributed by atoms with Crippen LogP contribution in [0.1, 0.15) is 12.8 Å². The highest BCUT2D eigenvalue weighted by molar-refractivity contribution is 5.92.